The molecule has 8 heteroatoms. The number of hydrogen-bond acceptors (Lipinski definition) is 3. The van der Waals surface area contributed by atoms with Crippen LogP contribution in [-0.2, 0) is 22.2 Å². The number of benzene rings is 3. The van der Waals surface area contributed by atoms with Crippen LogP contribution >= 0.6 is 0 Å². The molecule has 4 rings (SSSR count). The Labute approximate surface area is 207 Å². The van der Waals surface area contributed by atoms with Gasteiger partial charge in [0.25, 0.3) is 5.91 Å². The Morgan fingerprint density at radius 2 is 1.25 bits per heavy atom. The molecule has 1 saturated heterocycles. The topological polar surface area (TPSA) is 57.7 Å². The molecule has 5 nitrogen and oxygen atoms in total. The van der Waals surface area contributed by atoms with Gasteiger partial charge in [-0.3, -0.25) is 14.4 Å². The first-order chi connectivity index (χ1) is 17.2. The van der Waals surface area contributed by atoms with Crippen molar-refractivity contribution >= 4 is 17.6 Å². The molecule has 0 aromatic heterocycles. The average Bonchev–Trinajstić information content (AvgIpc) is 2.89. The Morgan fingerprint density at radius 1 is 0.694 bits per heavy atom. The number of hydrogen-bond donors (Lipinski definition) is 0. The standard InChI is InChI=1S/C28H25F3N2O3/c29-28(30,31)25-9-5-4-8-24(25)27(36)33-16-14-32(15-17-33)26(35)19-23(34)18-20-10-12-22(13-11-20)21-6-2-1-3-7-21/h1-13H,14-19H2. The maximum absolute atomic E-state index is 13.3. The van der Waals surface area contributed by atoms with E-state index in [1.807, 2.05) is 54.6 Å². The molecule has 3 aromatic carbocycles. The molecule has 1 aliphatic heterocycles. The number of carbonyl (C=O) groups excluding carboxylic acids is 3. The number of amides is 2. The SMILES string of the molecule is O=C(CC(=O)N1CCN(C(=O)c2ccccc2C(F)(F)F)CC1)Cc1ccc(-c2ccccc2)cc1. The van der Waals surface area contributed by atoms with Gasteiger partial charge in [-0.05, 0) is 28.8 Å². The lowest BCUT2D eigenvalue weighted by Gasteiger charge is -2.35. The minimum atomic E-state index is -4.63. The third-order valence-electron chi connectivity index (χ3n) is 6.19. The highest BCUT2D eigenvalue weighted by Crippen LogP contribution is 2.32. The predicted molar refractivity (Wildman–Crippen MR) is 129 cm³/mol. The van der Waals surface area contributed by atoms with Crippen molar-refractivity contribution in [2.75, 3.05) is 26.2 Å². The van der Waals surface area contributed by atoms with Crippen molar-refractivity contribution in [3.63, 3.8) is 0 Å². The van der Waals surface area contributed by atoms with Crippen molar-refractivity contribution in [3.05, 3.63) is 95.6 Å². The first-order valence-corrected chi connectivity index (χ1v) is 11.6. The Kier molecular flexibility index (Phi) is 7.52. The van der Waals surface area contributed by atoms with Gasteiger partial charge in [-0.15, -0.1) is 0 Å². The van der Waals surface area contributed by atoms with Crippen molar-refractivity contribution in [2.45, 2.75) is 19.0 Å². The van der Waals surface area contributed by atoms with Gasteiger partial charge in [-0.25, -0.2) is 0 Å². The number of piperazine rings is 1. The van der Waals surface area contributed by atoms with Crippen molar-refractivity contribution in [1.29, 1.82) is 0 Å². The lowest BCUT2D eigenvalue weighted by Crippen LogP contribution is -2.51. The van der Waals surface area contributed by atoms with Crippen LogP contribution in [0.3, 0.4) is 0 Å². The summed E-state index contributed by atoms with van der Waals surface area (Å²) in [6.07, 6.45) is -4.76. The van der Waals surface area contributed by atoms with Crippen LogP contribution in [0.1, 0.15) is 27.9 Å². The summed E-state index contributed by atoms with van der Waals surface area (Å²) >= 11 is 0. The molecule has 1 aliphatic rings. The number of carbonyl (C=O) groups is 3. The van der Waals surface area contributed by atoms with E-state index in [9.17, 15) is 27.6 Å². The average molecular weight is 495 g/mol. The summed E-state index contributed by atoms with van der Waals surface area (Å²) in [5.41, 5.74) is 1.54. The van der Waals surface area contributed by atoms with Crippen LogP contribution in [0.15, 0.2) is 78.9 Å². The van der Waals surface area contributed by atoms with Gasteiger partial charge in [0.2, 0.25) is 5.91 Å². The van der Waals surface area contributed by atoms with Gasteiger partial charge < -0.3 is 9.80 Å². The van der Waals surface area contributed by atoms with Gasteiger partial charge in [0.1, 0.15) is 5.78 Å². The molecule has 2 amide bonds. The van der Waals surface area contributed by atoms with Crippen LogP contribution in [0, 0.1) is 0 Å². The quantitative estimate of drug-likeness (QED) is 0.460. The molecule has 0 atom stereocenters. The highest BCUT2D eigenvalue weighted by molar-refractivity contribution is 5.99. The van der Waals surface area contributed by atoms with E-state index in [0.29, 0.717) is 0 Å². The zero-order valence-corrected chi connectivity index (χ0v) is 19.5. The molecule has 36 heavy (non-hydrogen) atoms. The Morgan fingerprint density at radius 3 is 1.89 bits per heavy atom. The van der Waals surface area contributed by atoms with Gasteiger partial charge in [-0.1, -0.05) is 66.7 Å². The number of halogens is 3. The van der Waals surface area contributed by atoms with E-state index in [2.05, 4.69) is 0 Å². The van der Waals surface area contributed by atoms with Crippen molar-refractivity contribution in [3.8, 4) is 11.1 Å². The normalized spacial score (nSPS) is 14.0. The first kappa shape index (κ1) is 25.2. The highest BCUT2D eigenvalue weighted by atomic mass is 19.4. The molecule has 0 unspecified atom stereocenters. The molecular formula is C28H25F3N2O3. The van der Waals surface area contributed by atoms with Crippen LogP contribution < -0.4 is 0 Å². The van der Waals surface area contributed by atoms with Crippen molar-refractivity contribution < 1.29 is 27.6 Å². The second-order valence-electron chi connectivity index (χ2n) is 8.67. The van der Waals surface area contributed by atoms with Crippen molar-refractivity contribution in [2.24, 2.45) is 0 Å². The minimum absolute atomic E-state index is 0.103. The molecule has 0 N–H and O–H groups in total. The van der Waals surface area contributed by atoms with E-state index < -0.39 is 23.2 Å². The summed E-state index contributed by atoms with van der Waals surface area (Å²) < 4.78 is 39.8. The van der Waals surface area contributed by atoms with E-state index in [-0.39, 0.29) is 50.7 Å². The molecule has 0 aliphatic carbocycles. The van der Waals surface area contributed by atoms with Crippen LogP contribution in [0.25, 0.3) is 11.1 Å². The molecule has 3 aromatic rings. The summed E-state index contributed by atoms with van der Waals surface area (Å²) in [6.45, 7) is 0.535. The lowest BCUT2D eigenvalue weighted by molar-refractivity contribution is -0.138. The number of alkyl halides is 3. The van der Waals surface area contributed by atoms with E-state index in [1.165, 1.54) is 21.9 Å². The van der Waals surface area contributed by atoms with Crippen LogP contribution in [-0.4, -0.2) is 53.6 Å². The monoisotopic (exact) mass is 494 g/mol. The van der Waals surface area contributed by atoms with Gasteiger partial charge >= 0.3 is 6.18 Å². The predicted octanol–water partition coefficient (Wildman–Crippen LogP) is 4.86. The van der Waals surface area contributed by atoms with Gasteiger partial charge in [0, 0.05) is 32.6 Å². The fourth-order valence-corrected chi connectivity index (χ4v) is 4.26. The fraction of sp³-hybridized carbons (Fsp3) is 0.250. The molecule has 0 saturated carbocycles. The summed E-state index contributed by atoms with van der Waals surface area (Å²) in [6, 6.07) is 22.1. The van der Waals surface area contributed by atoms with E-state index in [1.54, 1.807) is 0 Å². The van der Waals surface area contributed by atoms with E-state index in [0.717, 1.165) is 28.8 Å². The lowest BCUT2D eigenvalue weighted by atomic mass is 10.0. The second-order valence-corrected chi connectivity index (χ2v) is 8.67. The number of nitrogens with zero attached hydrogens (tertiary/aromatic N) is 2. The third-order valence-corrected chi connectivity index (χ3v) is 6.19. The third kappa shape index (κ3) is 6.00. The van der Waals surface area contributed by atoms with E-state index >= 15 is 0 Å². The summed E-state index contributed by atoms with van der Waals surface area (Å²) in [5, 5.41) is 0. The Bertz CT molecular complexity index is 1230. The van der Waals surface area contributed by atoms with Crippen molar-refractivity contribution in [1.82, 2.24) is 9.80 Å². The summed E-state index contributed by atoms with van der Waals surface area (Å²) in [5.74, 6) is -1.28. The molecule has 0 spiro atoms. The first-order valence-electron chi connectivity index (χ1n) is 11.6. The molecule has 0 radical (unpaired) electrons. The largest absolute Gasteiger partial charge is 0.417 e. The molecule has 1 fully saturated rings. The number of rotatable bonds is 6. The zero-order valence-electron chi connectivity index (χ0n) is 19.5. The van der Waals surface area contributed by atoms with Gasteiger partial charge in [0.15, 0.2) is 0 Å². The molecule has 1 heterocycles. The summed E-state index contributed by atoms with van der Waals surface area (Å²) in [7, 11) is 0. The van der Waals surface area contributed by atoms with Gasteiger partial charge in [-0.2, -0.15) is 13.2 Å². The van der Waals surface area contributed by atoms with Crippen LogP contribution in [0.4, 0.5) is 13.2 Å². The smallest absolute Gasteiger partial charge is 0.339 e. The Balaban J connectivity index is 1.28. The van der Waals surface area contributed by atoms with Crippen LogP contribution in [0.5, 0.6) is 0 Å². The summed E-state index contributed by atoms with van der Waals surface area (Å²) in [4.78, 5) is 40.6. The maximum Gasteiger partial charge on any atom is 0.417 e. The highest BCUT2D eigenvalue weighted by Gasteiger charge is 2.36. The fourth-order valence-electron chi connectivity index (χ4n) is 4.26. The zero-order chi connectivity index (χ0) is 25.7. The molecule has 186 valence electrons. The van der Waals surface area contributed by atoms with E-state index in [4.69, 9.17) is 0 Å². The Hall–Kier alpha value is -3.94. The maximum atomic E-state index is 13.3. The number of ketones is 1. The molecular weight excluding hydrogens is 469 g/mol. The minimum Gasteiger partial charge on any atom is -0.339 e. The second kappa shape index (κ2) is 10.8. The number of Topliss-reactive ketones (excluding diaryl/α,β-unsaturated/α-hetero) is 1. The van der Waals surface area contributed by atoms with Gasteiger partial charge in [0.05, 0.1) is 17.5 Å². The molecule has 0 bridgehead atoms. The van der Waals surface area contributed by atoms with Crippen LogP contribution in [0.2, 0.25) is 0 Å².